The Kier molecular flexibility index (Phi) is 7.03. The Balaban J connectivity index is 1.95. The number of fused-ring (bicyclic) bond motifs is 1. The van der Waals surface area contributed by atoms with Crippen LogP contribution in [-0.4, -0.2) is 19.3 Å². The second kappa shape index (κ2) is 8.78. The van der Waals surface area contributed by atoms with Crippen molar-refractivity contribution in [1.82, 2.24) is 0 Å². The molecule has 2 rings (SSSR count). The van der Waals surface area contributed by atoms with Crippen LogP contribution < -0.4 is 10.4 Å². The average Bonchev–Trinajstić information content (AvgIpc) is 2.47. The maximum Gasteiger partial charge on any atom is 0.336 e. The molecule has 0 aliphatic carbocycles. The van der Waals surface area contributed by atoms with Gasteiger partial charge < -0.3 is 18.2 Å². The van der Waals surface area contributed by atoms with Crippen molar-refractivity contribution in [2.24, 2.45) is 0 Å². The summed E-state index contributed by atoms with van der Waals surface area (Å²) in [6, 6.07) is 8.55. The summed E-state index contributed by atoms with van der Waals surface area (Å²) >= 11 is 0. The fourth-order valence-corrected chi connectivity index (χ4v) is 2.99. The third-order valence-corrected chi connectivity index (χ3v) is 3.89. The zero-order valence-electron chi connectivity index (χ0n) is 11.3. The summed E-state index contributed by atoms with van der Waals surface area (Å²) in [7, 11) is 5.09. The molecule has 114 valence electrons. The van der Waals surface area contributed by atoms with Crippen molar-refractivity contribution in [3.8, 4) is 5.75 Å². The molecular formula is C13H17O5P3. The smallest absolute Gasteiger partial charge is 0.336 e. The molecule has 0 aliphatic heterocycles. The highest BCUT2D eigenvalue weighted by molar-refractivity contribution is 8.00. The topological polar surface area (TPSA) is 57.9 Å². The Morgan fingerprint density at radius 3 is 2.86 bits per heavy atom. The first-order chi connectivity index (χ1) is 10.2. The third-order valence-electron chi connectivity index (χ3n) is 2.82. The van der Waals surface area contributed by atoms with Gasteiger partial charge in [0.2, 0.25) is 0 Å². The van der Waals surface area contributed by atoms with Crippen molar-refractivity contribution >= 4 is 37.9 Å². The van der Waals surface area contributed by atoms with E-state index < -0.39 is 0 Å². The maximum atomic E-state index is 11.2. The molecule has 0 fully saturated rings. The molecule has 0 saturated heterocycles. The van der Waals surface area contributed by atoms with Crippen LogP contribution in [0.4, 0.5) is 0 Å². The molecule has 4 unspecified atom stereocenters. The van der Waals surface area contributed by atoms with E-state index in [2.05, 4.69) is 18.4 Å². The van der Waals surface area contributed by atoms with Gasteiger partial charge in [0.15, 0.2) is 0 Å². The van der Waals surface area contributed by atoms with Gasteiger partial charge in [-0.2, -0.15) is 0 Å². The maximum absolute atomic E-state index is 11.2. The monoisotopic (exact) mass is 346 g/mol. The van der Waals surface area contributed by atoms with Crippen LogP contribution >= 0.6 is 26.9 Å². The molecule has 8 heteroatoms. The standard InChI is InChI=1S/C13H17O5P3/c14-13-4-2-9-1-3-10(7-12(9)17-13)15-6-5-11(8-16-19)18-21-20/h1-4,7,11,21H,5-6,8,19-20H2. The molecule has 0 aliphatic rings. The Morgan fingerprint density at radius 1 is 1.29 bits per heavy atom. The minimum absolute atomic E-state index is 0.00304. The van der Waals surface area contributed by atoms with Gasteiger partial charge in [-0.25, -0.2) is 4.79 Å². The van der Waals surface area contributed by atoms with Crippen LogP contribution in [0.5, 0.6) is 5.75 Å². The van der Waals surface area contributed by atoms with E-state index in [0.29, 0.717) is 39.5 Å². The van der Waals surface area contributed by atoms with Gasteiger partial charge in [0.1, 0.15) is 11.3 Å². The van der Waals surface area contributed by atoms with Gasteiger partial charge in [0.25, 0.3) is 0 Å². The molecule has 21 heavy (non-hydrogen) atoms. The molecule has 1 aromatic carbocycles. The van der Waals surface area contributed by atoms with Crippen LogP contribution in [0.3, 0.4) is 0 Å². The molecule has 1 aromatic heterocycles. The van der Waals surface area contributed by atoms with Gasteiger partial charge >= 0.3 is 5.63 Å². The lowest BCUT2D eigenvalue weighted by molar-refractivity contribution is 0.133. The van der Waals surface area contributed by atoms with E-state index in [4.69, 9.17) is 18.2 Å². The fraction of sp³-hybridized carbons (Fsp3) is 0.308. The lowest BCUT2D eigenvalue weighted by atomic mass is 10.2. The first kappa shape index (κ1) is 16.8. The Bertz CT molecular complexity index is 624. The fourth-order valence-electron chi connectivity index (χ4n) is 1.82. The highest BCUT2D eigenvalue weighted by Crippen LogP contribution is 2.26. The second-order valence-electron chi connectivity index (χ2n) is 4.28. The number of hydrogen-bond donors (Lipinski definition) is 0. The number of hydrogen-bond acceptors (Lipinski definition) is 5. The van der Waals surface area contributed by atoms with Gasteiger partial charge in [-0.15, -0.1) is 0 Å². The minimum Gasteiger partial charge on any atom is -0.493 e. The lowest BCUT2D eigenvalue weighted by Crippen LogP contribution is -2.17. The first-order valence-electron chi connectivity index (χ1n) is 6.32. The number of rotatable bonds is 8. The lowest BCUT2D eigenvalue weighted by Gasteiger charge is -2.15. The van der Waals surface area contributed by atoms with E-state index in [1.54, 1.807) is 12.1 Å². The van der Waals surface area contributed by atoms with Crippen molar-refractivity contribution in [3.63, 3.8) is 0 Å². The number of ether oxygens (including phenoxy) is 1. The van der Waals surface area contributed by atoms with Crippen molar-refractivity contribution in [2.75, 3.05) is 13.2 Å². The Labute approximate surface area is 129 Å². The van der Waals surface area contributed by atoms with Gasteiger partial charge in [-0.1, -0.05) is 8.93 Å². The summed E-state index contributed by atoms with van der Waals surface area (Å²) < 4.78 is 21.3. The van der Waals surface area contributed by atoms with E-state index in [-0.39, 0.29) is 11.7 Å². The van der Waals surface area contributed by atoms with Crippen LogP contribution in [0.25, 0.3) is 11.0 Å². The SMILES string of the molecule is O=c1ccc2ccc(OCCC(COP)OPP)cc2o1. The molecule has 1 heterocycles. The van der Waals surface area contributed by atoms with Crippen LogP contribution in [0.15, 0.2) is 39.5 Å². The molecule has 5 nitrogen and oxygen atoms in total. The summed E-state index contributed by atoms with van der Waals surface area (Å²) in [6.07, 6.45) is 0.712. The highest BCUT2D eigenvalue weighted by atomic mass is 32.0. The van der Waals surface area contributed by atoms with Crippen LogP contribution in [0.2, 0.25) is 0 Å². The summed E-state index contributed by atoms with van der Waals surface area (Å²) in [5, 5.41) is 0.865. The molecule has 2 aromatic rings. The molecule has 0 radical (unpaired) electrons. The molecule has 0 saturated carbocycles. The predicted octanol–water partition coefficient (Wildman–Crippen LogP) is 3.14. The molecular weight excluding hydrogens is 329 g/mol. The van der Waals surface area contributed by atoms with Crippen LogP contribution in [-0.2, 0) is 9.05 Å². The average molecular weight is 346 g/mol. The quantitative estimate of drug-likeness (QED) is 0.543. The predicted molar refractivity (Wildman–Crippen MR) is 91.2 cm³/mol. The van der Waals surface area contributed by atoms with Crippen molar-refractivity contribution in [2.45, 2.75) is 12.5 Å². The summed E-state index contributed by atoms with van der Waals surface area (Å²) in [4.78, 5) is 11.2. The first-order valence-corrected chi connectivity index (χ1v) is 9.51. The second-order valence-corrected chi connectivity index (χ2v) is 5.79. The molecule has 0 N–H and O–H groups in total. The van der Waals surface area contributed by atoms with E-state index in [1.807, 2.05) is 12.1 Å². The summed E-state index contributed by atoms with van der Waals surface area (Å²) in [5.74, 6) is 0.663. The molecule has 4 atom stereocenters. The summed E-state index contributed by atoms with van der Waals surface area (Å²) in [5.41, 5.74) is 0.152. The van der Waals surface area contributed by atoms with Crippen LogP contribution in [0.1, 0.15) is 6.42 Å². The van der Waals surface area contributed by atoms with E-state index >= 15 is 0 Å². The van der Waals surface area contributed by atoms with Gasteiger partial charge in [0, 0.05) is 41.9 Å². The van der Waals surface area contributed by atoms with Crippen molar-refractivity contribution in [1.29, 1.82) is 0 Å². The van der Waals surface area contributed by atoms with Crippen LogP contribution in [0, 0.1) is 0 Å². The van der Waals surface area contributed by atoms with Gasteiger partial charge in [-0.05, 0) is 18.2 Å². The minimum atomic E-state index is -0.368. The zero-order chi connectivity index (χ0) is 15.1. The Morgan fingerprint density at radius 2 is 2.10 bits per heavy atom. The van der Waals surface area contributed by atoms with E-state index in [9.17, 15) is 4.79 Å². The highest BCUT2D eigenvalue weighted by Gasteiger charge is 2.09. The third kappa shape index (κ3) is 5.29. The summed E-state index contributed by atoms with van der Waals surface area (Å²) in [6.45, 7) is 0.998. The van der Waals surface area contributed by atoms with E-state index in [1.165, 1.54) is 6.07 Å². The molecule has 0 amide bonds. The van der Waals surface area contributed by atoms with Gasteiger partial charge in [-0.3, -0.25) is 0 Å². The van der Waals surface area contributed by atoms with Gasteiger partial charge in [0.05, 0.1) is 19.3 Å². The normalized spacial score (nSPS) is 13.0. The number of benzene rings is 1. The van der Waals surface area contributed by atoms with E-state index in [0.717, 1.165) is 5.39 Å². The molecule has 0 spiro atoms. The van der Waals surface area contributed by atoms with Crippen molar-refractivity contribution < 1.29 is 18.2 Å². The van der Waals surface area contributed by atoms with Crippen molar-refractivity contribution in [3.05, 3.63) is 40.8 Å². The Hall–Kier alpha value is -0.560. The largest absolute Gasteiger partial charge is 0.493 e. The molecule has 0 bridgehead atoms. The zero-order valence-corrected chi connectivity index (χ0v) is 14.6.